The Morgan fingerprint density at radius 1 is 0.645 bits per heavy atom. The Morgan fingerprint density at radius 2 is 1.03 bits per heavy atom. The summed E-state index contributed by atoms with van der Waals surface area (Å²) in [6, 6.07) is 21.2. The van der Waals surface area contributed by atoms with Crippen LogP contribution in [0.5, 0.6) is 11.5 Å². The van der Waals surface area contributed by atoms with Crippen molar-refractivity contribution in [3.05, 3.63) is 95.1 Å². The first-order valence-electron chi connectivity index (χ1n) is 9.63. The summed E-state index contributed by atoms with van der Waals surface area (Å²) >= 11 is -3.90. The molecule has 4 rings (SSSR count). The first-order chi connectivity index (χ1) is 15.0. The summed E-state index contributed by atoms with van der Waals surface area (Å²) in [5, 5.41) is 0. The Morgan fingerprint density at radius 3 is 1.39 bits per heavy atom. The van der Waals surface area contributed by atoms with E-state index in [4.69, 9.17) is 15.7 Å². The number of ether oxygens (including phenoxy) is 2. The molecule has 0 radical (unpaired) electrons. The van der Waals surface area contributed by atoms with Crippen LogP contribution in [-0.2, 0) is 15.1 Å². The van der Waals surface area contributed by atoms with Crippen LogP contribution in [-0.4, -0.2) is 45.2 Å². The van der Waals surface area contributed by atoms with Gasteiger partial charge >= 0.3 is 186 Å². The van der Waals surface area contributed by atoms with Crippen molar-refractivity contribution >= 4 is 30.9 Å². The van der Waals surface area contributed by atoms with Crippen LogP contribution in [0.2, 0.25) is 0 Å². The molecule has 0 N–H and O–H groups in total. The molecule has 0 atom stereocenters. The van der Waals surface area contributed by atoms with Gasteiger partial charge in [-0.1, -0.05) is 0 Å². The number of benzene rings is 3. The second kappa shape index (κ2) is 9.01. The van der Waals surface area contributed by atoms with Crippen LogP contribution in [0, 0.1) is 0 Å². The van der Waals surface area contributed by atoms with Crippen LogP contribution < -0.4 is 9.47 Å². The summed E-state index contributed by atoms with van der Waals surface area (Å²) in [5.41, 5.74) is 2.91. The van der Waals surface area contributed by atoms with Gasteiger partial charge in [-0.05, 0) is 0 Å². The molecule has 1 aliphatic heterocycles. The molecule has 3 aromatic carbocycles. The Hall–Kier alpha value is -3.01. The van der Waals surface area contributed by atoms with E-state index in [-0.39, 0.29) is 0 Å². The molecular formula is C24H22O6Te. The fourth-order valence-electron chi connectivity index (χ4n) is 3.33. The number of carbonyl (C=O) groups excluding carboxylic acids is 2. The zero-order valence-corrected chi connectivity index (χ0v) is 19.5. The number of methoxy groups -OCH3 is 2. The molecular weight excluding hydrogens is 512 g/mol. The number of fused-ring (bicyclic) bond motifs is 1. The standard InChI is InChI=1S/C24H22O6Te/c1-27-21-11-7-17(8-12-21)23(25)29-31(15-19-5-3-4-6-20(19)16-31)30-24(26)18-9-13-22(28-2)14-10-18/h3-14H,15-16H2,1-2H3. The molecule has 0 spiro atoms. The van der Waals surface area contributed by atoms with Crippen molar-refractivity contribution in [2.75, 3.05) is 14.2 Å². The molecule has 0 aliphatic carbocycles. The van der Waals surface area contributed by atoms with Gasteiger partial charge < -0.3 is 0 Å². The molecule has 0 saturated carbocycles. The van der Waals surface area contributed by atoms with Crippen molar-refractivity contribution in [3.63, 3.8) is 0 Å². The molecule has 0 fully saturated rings. The zero-order chi connectivity index (χ0) is 21.8. The third-order valence-electron chi connectivity index (χ3n) is 4.98. The molecule has 7 heteroatoms. The summed E-state index contributed by atoms with van der Waals surface area (Å²) in [4.78, 5) is 25.9. The zero-order valence-electron chi connectivity index (χ0n) is 17.2. The van der Waals surface area contributed by atoms with Crippen molar-refractivity contribution in [2.45, 2.75) is 8.94 Å². The summed E-state index contributed by atoms with van der Waals surface area (Å²) < 4.78 is 23.3. The predicted molar refractivity (Wildman–Crippen MR) is 116 cm³/mol. The fraction of sp³-hybridized carbons (Fsp3) is 0.167. The monoisotopic (exact) mass is 536 g/mol. The van der Waals surface area contributed by atoms with Gasteiger partial charge in [0.1, 0.15) is 0 Å². The van der Waals surface area contributed by atoms with Crippen molar-refractivity contribution in [3.8, 4) is 11.5 Å². The van der Waals surface area contributed by atoms with Gasteiger partial charge in [0.2, 0.25) is 0 Å². The first kappa shape index (κ1) is 21.2. The molecule has 31 heavy (non-hydrogen) atoms. The number of hydrogen-bond donors (Lipinski definition) is 0. The van der Waals surface area contributed by atoms with E-state index in [1.54, 1.807) is 62.8 Å². The van der Waals surface area contributed by atoms with Crippen molar-refractivity contribution in [1.29, 1.82) is 0 Å². The quantitative estimate of drug-likeness (QED) is 0.445. The van der Waals surface area contributed by atoms with E-state index in [0.717, 1.165) is 11.1 Å². The minimum absolute atomic E-state index is 0.392. The molecule has 0 amide bonds. The van der Waals surface area contributed by atoms with Crippen molar-refractivity contribution in [1.82, 2.24) is 0 Å². The fourth-order valence-corrected chi connectivity index (χ4v) is 10.8. The average Bonchev–Trinajstić information content (AvgIpc) is 3.16. The Labute approximate surface area is 185 Å². The number of rotatable bonds is 6. The van der Waals surface area contributed by atoms with Crippen molar-refractivity contribution < 1.29 is 25.3 Å². The third-order valence-corrected chi connectivity index (χ3v) is 11.9. The van der Waals surface area contributed by atoms with Crippen LogP contribution in [0.4, 0.5) is 0 Å². The van der Waals surface area contributed by atoms with E-state index < -0.39 is 30.9 Å². The molecule has 3 aromatic rings. The molecule has 0 aromatic heterocycles. The average molecular weight is 534 g/mol. The molecule has 160 valence electrons. The molecule has 0 unspecified atom stereocenters. The van der Waals surface area contributed by atoms with Crippen LogP contribution >= 0.6 is 0 Å². The van der Waals surface area contributed by atoms with Crippen molar-refractivity contribution in [2.24, 2.45) is 0 Å². The summed E-state index contributed by atoms with van der Waals surface area (Å²) in [5.74, 6) is 0.317. The topological polar surface area (TPSA) is 71.1 Å². The second-order valence-corrected chi connectivity index (χ2v) is 13.8. The van der Waals surface area contributed by atoms with Gasteiger partial charge in [-0.3, -0.25) is 0 Å². The number of carbonyl (C=O) groups is 2. The van der Waals surface area contributed by atoms with Gasteiger partial charge in [-0.2, -0.15) is 0 Å². The van der Waals surface area contributed by atoms with Crippen LogP contribution in [0.25, 0.3) is 0 Å². The van der Waals surface area contributed by atoms with E-state index >= 15 is 0 Å². The SMILES string of the molecule is COc1ccc(C(=O)O[Te]2(OC(=O)c3ccc(OC)cc3)Cc3ccccc3C2)cc1. The number of hydrogen-bond acceptors (Lipinski definition) is 6. The summed E-state index contributed by atoms with van der Waals surface area (Å²) in [6.45, 7) is 0. The maximum absolute atomic E-state index is 12.9. The summed E-state index contributed by atoms with van der Waals surface area (Å²) in [6.07, 6.45) is 0. The molecule has 6 nitrogen and oxygen atoms in total. The van der Waals surface area contributed by atoms with E-state index in [1.807, 2.05) is 24.3 Å². The third kappa shape index (κ3) is 4.68. The van der Waals surface area contributed by atoms with Gasteiger partial charge in [0, 0.05) is 0 Å². The molecule has 0 saturated heterocycles. The van der Waals surface area contributed by atoms with E-state index in [0.29, 0.717) is 31.6 Å². The van der Waals surface area contributed by atoms with Gasteiger partial charge in [0.05, 0.1) is 0 Å². The van der Waals surface area contributed by atoms with Crippen LogP contribution in [0.3, 0.4) is 0 Å². The molecule has 1 heterocycles. The summed E-state index contributed by atoms with van der Waals surface area (Å²) in [7, 11) is 3.12. The molecule has 1 aliphatic rings. The van der Waals surface area contributed by atoms with Gasteiger partial charge in [0.15, 0.2) is 0 Å². The Kier molecular flexibility index (Phi) is 6.17. The maximum atomic E-state index is 12.9. The van der Waals surface area contributed by atoms with Gasteiger partial charge in [-0.25, -0.2) is 0 Å². The normalized spacial score (nSPS) is 14.8. The second-order valence-electron chi connectivity index (χ2n) is 7.00. The molecule has 0 bridgehead atoms. The van der Waals surface area contributed by atoms with Gasteiger partial charge in [0.25, 0.3) is 0 Å². The van der Waals surface area contributed by atoms with E-state index in [1.165, 1.54) is 0 Å². The van der Waals surface area contributed by atoms with Crippen LogP contribution in [0.1, 0.15) is 31.8 Å². The minimum atomic E-state index is -3.90. The predicted octanol–water partition coefficient (Wildman–Crippen LogP) is 4.04. The van der Waals surface area contributed by atoms with E-state index in [2.05, 4.69) is 0 Å². The first-order valence-corrected chi connectivity index (χ1v) is 14.8. The van der Waals surface area contributed by atoms with Crippen LogP contribution in [0.15, 0.2) is 72.8 Å². The Bertz CT molecular complexity index is 1000. The van der Waals surface area contributed by atoms with E-state index in [9.17, 15) is 9.59 Å². The Balaban J connectivity index is 1.59. The van der Waals surface area contributed by atoms with Gasteiger partial charge in [-0.15, -0.1) is 0 Å².